The first-order valence-corrected chi connectivity index (χ1v) is 9.60. The third kappa shape index (κ3) is 5.16. The number of allylic oxidation sites excluding steroid dienone is 1. The minimum atomic E-state index is -1.74. The fourth-order valence-electron chi connectivity index (χ4n) is 3.05. The zero-order valence-electron chi connectivity index (χ0n) is 16.0. The second-order valence-electron chi connectivity index (χ2n) is 6.90. The number of rotatable bonds is 6. The van der Waals surface area contributed by atoms with Crippen LogP contribution in [0.1, 0.15) is 15.9 Å². The Morgan fingerprint density at radius 3 is 2.39 bits per heavy atom. The third-order valence-electron chi connectivity index (χ3n) is 4.70. The number of carbonyl (C=O) groups is 1. The van der Waals surface area contributed by atoms with E-state index in [0.717, 1.165) is 18.2 Å². The van der Waals surface area contributed by atoms with Gasteiger partial charge in [-0.15, -0.1) is 0 Å². The minimum Gasteiger partial charge on any atom is -0.508 e. The van der Waals surface area contributed by atoms with Crippen LogP contribution in [0.2, 0.25) is 5.02 Å². The smallest absolute Gasteiger partial charge is 0.229 e. The van der Waals surface area contributed by atoms with Crippen LogP contribution < -0.4 is 4.74 Å². The number of carbonyl (C=O) groups excluding carboxylic acids is 1. The molecule has 10 heteroatoms. The molecule has 0 spiro atoms. The van der Waals surface area contributed by atoms with Gasteiger partial charge < -0.3 is 40.1 Å². The summed E-state index contributed by atoms with van der Waals surface area (Å²) in [6.45, 7) is -0.675. The maximum atomic E-state index is 12.7. The van der Waals surface area contributed by atoms with E-state index in [1.807, 2.05) is 0 Å². The van der Waals surface area contributed by atoms with Crippen LogP contribution in [0.3, 0.4) is 0 Å². The molecule has 1 aliphatic heterocycles. The summed E-state index contributed by atoms with van der Waals surface area (Å²) in [5, 5.41) is 59.8. The Morgan fingerprint density at radius 1 is 1.06 bits per heavy atom. The molecular weight excluding hydrogens is 432 g/mol. The molecule has 6 N–H and O–H groups in total. The predicted octanol–water partition coefficient (Wildman–Crippen LogP) is 0.826. The minimum absolute atomic E-state index is 0.333. The van der Waals surface area contributed by atoms with E-state index in [2.05, 4.69) is 0 Å². The lowest BCUT2D eigenvalue weighted by Gasteiger charge is -2.39. The lowest BCUT2D eigenvalue weighted by Crippen LogP contribution is -2.60. The quantitative estimate of drug-likeness (QED) is 0.276. The maximum absolute atomic E-state index is 12.7. The number of aliphatic hydroxyl groups is 4. The molecule has 2 aromatic rings. The van der Waals surface area contributed by atoms with Crippen molar-refractivity contribution < 1.29 is 44.9 Å². The van der Waals surface area contributed by atoms with Crippen molar-refractivity contribution in [1.29, 1.82) is 0 Å². The maximum Gasteiger partial charge on any atom is 0.229 e. The van der Waals surface area contributed by atoms with E-state index >= 15 is 0 Å². The first-order valence-electron chi connectivity index (χ1n) is 9.22. The van der Waals surface area contributed by atoms with Crippen LogP contribution in [0.15, 0.2) is 42.5 Å². The van der Waals surface area contributed by atoms with Crippen LogP contribution in [-0.2, 0) is 4.74 Å². The van der Waals surface area contributed by atoms with Gasteiger partial charge in [-0.2, -0.15) is 0 Å². The van der Waals surface area contributed by atoms with Gasteiger partial charge in [-0.1, -0.05) is 29.8 Å². The molecule has 0 saturated carbocycles. The molecule has 0 unspecified atom stereocenters. The van der Waals surface area contributed by atoms with Crippen LogP contribution in [0.5, 0.6) is 17.2 Å². The van der Waals surface area contributed by atoms with Gasteiger partial charge in [0.25, 0.3) is 0 Å². The molecule has 1 aliphatic rings. The number of hydrogen-bond donors (Lipinski definition) is 6. The van der Waals surface area contributed by atoms with Gasteiger partial charge in [0.05, 0.1) is 6.61 Å². The van der Waals surface area contributed by atoms with E-state index in [-0.39, 0.29) is 11.3 Å². The van der Waals surface area contributed by atoms with Crippen molar-refractivity contribution in [2.45, 2.75) is 30.7 Å². The first kappa shape index (κ1) is 23.0. The highest BCUT2D eigenvalue weighted by Gasteiger charge is 2.45. The molecule has 1 heterocycles. The average molecular weight is 453 g/mol. The van der Waals surface area contributed by atoms with Crippen molar-refractivity contribution in [1.82, 2.24) is 0 Å². The summed E-state index contributed by atoms with van der Waals surface area (Å²) in [6, 6.07) is 8.57. The standard InChI is InChI=1S/C21H21ClO9/c22-11-4-1-10(2-5-11)3-6-13(25)17-14(26)7-12(24)8-15(17)30-21-20(29)19(28)18(27)16(9-23)31-21/h1-8,16,18-21,23-24,26-29H,9H2/b6-3+/t16-,18+,19+,20+,21-/m1/s1. The molecule has 31 heavy (non-hydrogen) atoms. The van der Waals surface area contributed by atoms with Gasteiger partial charge in [0.2, 0.25) is 6.29 Å². The fraction of sp³-hybridized carbons (Fsp3) is 0.286. The van der Waals surface area contributed by atoms with Crippen molar-refractivity contribution in [2.75, 3.05) is 6.61 Å². The Kier molecular flexibility index (Phi) is 7.16. The first-order chi connectivity index (χ1) is 14.7. The van der Waals surface area contributed by atoms with Crippen LogP contribution in [0.4, 0.5) is 0 Å². The molecular formula is C21H21ClO9. The van der Waals surface area contributed by atoms with Gasteiger partial charge in [0.15, 0.2) is 5.78 Å². The number of hydrogen-bond acceptors (Lipinski definition) is 9. The van der Waals surface area contributed by atoms with Crippen molar-refractivity contribution in [3.8, 4) is 17.2 Å². The summed E-state index contributed by atoms with van der Waals surface area (Å²) in [7, 11) is 0. The summed E-state index contributed by atoms with van der Waals surface area (Å²) in [6.07, 6.45) is -5.25. The van der Waals surface area contributed by atoms with Crippen molar-refractivity contribution >= 4 is 23.5 Å². The monoisotopic (exact) mass is 452 g/mol. The lowest BCUT2D eigenvalue weighted by atomic mass is 9.99. The molecule has 1 fully saturated rings. The SMILES string of the molecule is O=C(/C=C/c1ccc(Cl)cc1)c1c(O)cc(O)cc1O[C@@H]1O[C@H](CO)[C@H](O)[C@H](O)[C@@H]1O. The zero-order chi connectivity index (χ0) is 22.7. The summed E-state index contributed by atoms with van der Waals surface area (Å²) >= 11 is 5.83. The summed E-state index contributed by atoms with van der Waals surface area (Å²) in [4.78, 5) is 12.7. The van der Waals surface area contributed by atoms with E-state index < -0.39 is 54.6 Å². The number of aromatic hydroxyl groups is 2. The normalized spacial score (nSPS) is 26.2. The summed E-state index contributed by atoms with van der Waals surface area (Å²) < 4.78 is 10.7. The van der Waals surface area contributed by atoms with E-state index in [9.17, 15) is 35.4 Å². The molecule has 0 aliphatic carbocycles. The van der Waals surface area contributed by atoms with Gasteiger partial charge in [-0.25, -0.2) is 0 Å². The van der Waals surface area contributed by atoms with E-state index in [4.69, 9.17) is 21.1 Å². The van der Waals surface area contributed by atoms with Crippen LogP contribution in [0, 0.1) is 0 Å². The Morgan fingerprint density at radius 2 is 1.74 bits per heavy atom. The molecule has 0 radical (unpaired) electrons. The molecule has 1 saturated heterocycles. The lowest BCUT2D eigenvalue weighted by molar-refractivity contribution is -0.277. The number of halogens is 1. The largest absolute Gasteiger partial charge is 0.508 e. The Balaban J connectivity index is 1.89. The van der Waals surface area contributed by atoms with E-state index in [0.29, 0.717) is 10.6 Å². The highest BCUT2D eigenvalue weighted by molar-refractivity contribution is 6.30. The zero-order valence-corrected chi connectivity index (χ0v) is 16.8. The van der Waals surface area contributed by atoms with Gasteiger partial charge >= 0.3 is 0 Å². The number of phenols is 2. The number of phenolic OH excluding ortho intramolecular Hbond substituents is 2. The molecule has 2 aromatic carbocycles. The number of aliphatic hydroxyl groups excluding tert-OH is 4. The molecule has 166 valence electrons. The number of benzene rings is 2. The Hall–Kier alpha value is -2.66. The summed E-state index contributed by atoms with van der Waals surface area (Å²) in [5.74, 6) is -2.06. The van der Waals surface area contributed by atoms with Gasteiger partial charge in [-0.05, 0) is 23.8 Å². The van der Waals surface area contributed by atoms with Crippen molar-refractivity contribution in [3.63, 3.8) is 0 Å². The van der Waals surface area contributed by atoms with Crippen LogP contribution in [0.25, 0.3) is 6.08 Å². The molecule has 0 amide bonds. The van der Waals surface area contributed by atoms with Gasteiger partial charge in [0.1, 0.15) is 47.2 Å². The second kappa shape index (κ2) is 9.65. The van der Waals surface area contributed by atoms with Crippen LogP contribution >= 0.6 is 11.6 Å². The molecule has 9 nitrogen and oxygen atoms in total. The Bertz CT molecular complexity index is 958. The number of ketones is 1. The summed E-state index contributed by atoms with van der Waals surface area (Å²) in [5.41, 5.74) is 0.326. The molecule has 3 rings (SSSR count). The number of ether oxygens (including phenoxy) is 2. The van der Waals surface area contributed by atoms with Crippen molar-refractivity contribution in [3.05, 3.63) is 58.6 Å². The average Bonchev–Trinajstić information content (AvgIpc) is 2.73. The molecule has 0 aromatic heterocycles. The predicted molar refractivity (Wildman–Crippen MR) is 109 cm³/mol. The fourth-order valence-corrected chi connectivity index (χ4v) is 3.17. The topological polar surface area (TPSA) is 157 Å². The van der Waals surface area contributed by atoms with Gasteiger partial charge in [0, 0.05) is 17.2 Å². The molecule has 0 bridgehead atoms. The highest BCUT2D eigenvalue weighted by atomic mass is 35.5. The highest BCUT2D eigenvalue weighted by Crippen LogP contribution is 2.36. The van der Waals surface area contributed by atoms with E-state index in [1.54, 1.807) is 24.3 Å². The second-order valence-corrected chi connectivity index (χ2v) is 7.34. The molecule has 5 atom stereocenters. The van der Waals surface area contributed by atoms with Gasteiger partial charge in [-0.3, -0.25) is 4.79 Å². The van der Waals surface area contributed by atoms with Crippen LogP contribution in [-0.4, -0.2) is 73.7 Å². The van der Waals surface area contributed by atoms with Crippen molar-refractivity contribution in [2.24, 2.45) is 0 Å². The van der Waals surface area contributed by atoms with E-state index in [1.165, 1.54) is 6.08 Å². The Labute approximate surface area is 182 Å². The third-order valence-corrected chi connectivity index (χ3v) is 4.95.